The number of anilines is 3. The Bertz CT molecular complexity index is 594. The van der Waals surface area contributed by atoms with E-state index in [1.807, 2.05) is 6.07 Å². The highest BCUT2D eigenvalue weighted by Gasteiger charge is 2.12. The predicted molar refractivity (Wildman–Crippen MR) is 80.6 cm³/mol. The van der Waals surface area contributed by atoms with E-state index in [1.54, 1.807) is 26.3 Å². The summed E-state index contributed by atoms with van der Waals surface area (Å²) in [6.07, 6.45) is 1.45. The maximum atomic E-state index is 5.98. The molecule has 100 valence electrons. The van der Waals surface area contributed by atoms with Gasteiger partial charge in [0.1, 0.15) is 6.33 Å². The normalized spacial score (nSPS) is 10.1. The second-order valence-electron chi connectivity index (χ2n) is 3.60. The fraction of sp³-hybridized carbons (Fsp3) is 0.167. The first kappa shape index (κ1) is 13.9. The fourth-order valence-corrected chi connectivity index (χ4v) is 2.07. The van der Waals surface area contributed by atoms with E-state index >= 15 is 0 Å². The van der Waals surface area contributed by atoms with Crippen molar-refractivity contribution < 1.29 is 4.74 Å². The number of halogens is 2. The van der Waals surface area contributed by atoms with Gasteiger partial charge in [-0.25, -0.2) is 9.97 Å². The molecular weight excluding hydrogens is 332 g/mol. The molecule has 0 bridgehead atoms. The van der Waals surface area contributed by atoms with Crippen LogP contribution in [-0.4, -0.2) is 24.1 Å². The minimum Gasteiger partial charge on any atom is -0.490 e. The summed E-state index contributed by atoms with van der Waals surface area (Å²) in [5, 5.41) is 6.74. The lowest BCUT2D eigenvalue weighted by Crippen LogP contribution is -2.03. The molecule has 0 aliphatic rings. The number of nitrogens with one attached hydrogen (secondary N) is 2. The van der Waals surface area contributed by atoms with Gasteiger partial charge in [0.25, 0.3) is 0 Å². The fourth-order valence-electron chi connectivity index (χ4n) is 1.56. The maximum Gasteiger partial charge on any atom is 0.204 e. The van der Waals surface area contributed by atoms with Crippen molar-refractivity contribution in [1.82, 2.24) is 9.97 Å². The minimum absolute atomic E-state index is 0.539. The van der Waals surface area contributed by atoms with Crippen molar-refractivity contribution in [3.8, 4) is 5.75 Å². The molecule has 0 atom stereocenters. The molecule has 0 saturated carbocycles. The summed E-state index contributed by atoms with van der Waals surface area (Å²) in [4.78, 5) is 8.26. The monoisotopic (exact) mass is 342 g/mol. The largest absolute Gasteiger partial charge is 0.490 e. The summed E-state index contributed by atoms with van der Waals surface area (Å²) >= 11 is 9.43. The second-order valence-corrected chi connectivity index (χ2v) is 4.89. The van der Waals surface area contributed by atoms with Crippen molar-refractivity contribution in [2.75, 3.05) is 24.8 Å². The van der Waals surface area contributed by atoms with Crippen molar-refractivity contribution in [3.63, 3.8) is 0 Å². The number of ether oxygens (including phenoxy) is 1. The van der Waals surface area contributed by atoms with Crippen LogP contribution in [0.3, 0.4) is 0 Å². The highest BCUT2D eigenvalue weighted by Crippen LogP contribution is 2.34. The molecule has 2 N–H and O–H groups in total. The van der Waals surface area contributed by atoms with E-state index in [4.69, 9.17) is 16.3 Å². The topological polar surface area (TPSA) is 59.1 Å². The summed E-state index contributed by atoms with van der Waals surface area (Å²) in [7, 11) is 3.33. The van der Waals surface area contributed by atoms with Crippen LogP contribution in [0.5, 0.6) is 5.75 Å². The highest BCUT2D eigenvalue weighted by molar-refractivity contribution is 9.10. The Balaban J connectivity index is 2.40. The Morgan fingerprint density at radius 3 is 2.68 bits per heavy atom. The summed E-state index contributed by atoms with van der Waals surface area (Å²) < 4.78 is 6.19. The zero-order valence-corrected chi connectivity index (χ0v) is 12.7. The van der Waals surface area contributed by atoms with Gasteiger partial charge in [-0.2, -0.15) is 0 Å². The van der Waals surface area contributed by atoms with Crippen LogP contribution in [0.25, 0.3) is 0 Å². The third-order valence-electron chi connectivity index (χ3n) is 2.43. The van der Waals surface area contributed by atoms with Crippen LogP contribution in [0, 0.1) is 0 Å². The summed E-state index contributed by atoms with van der Waals surface area (Å²) in [6, 6.07) is 5.45. The van der Waals surface area contributed by atoms with Crippen LogP contribution >= 0.6 is 27.5 Å². The molecule has 0 aliphatic heterocycles. The number of nitrogens with zero attached hydrogens (tertiary/aromatic N) is 2. The average Bonchev–Trinajstić information content (AvgIpc) is 2.42. The molecule has 19 heavy (non-hydrogen) atoms. The molecule has 1 heterocycles. The molecule has 2 rings (SSSR count). The van der Waals surface area contributed by atoms with E-state index < -0.39 is 0 Å². The van der Waals surface area contributed by atoms with E-state index in [9.17, 15) is 0 Å². The van der Waals surface area contributed by atoms with Crippen LogP contribution in [0.1, 0.15) is 0 Å². The number of hydrogen-bond acceptors (Lipinski definition) is 5. The standard InChI is InChI=1S/C12H12BrClN4O/c1-15-11-10(19-2)12(17-6-16-11)18-9-5-7(14)3-4-8(9)13/h3-6H,1-2H3,(H2,15,16,17,18). The molecule has 0 spiro atoms. The van der Waals surface area contributed by atoms with Gasteiger partial charge in [0.05, 0.1) is 12.8 Å². The molecule has 7 heteroatoms. The molecule has 0 amide bonds. The zero-order chi connectivity index (χ0) is 13.8. The van der Waals surface area contributed by atoms with Crippen LogP contribution in [0.15, 0.2) is 29.0 Å². The van der Waals surface area contributed by atoms with Crippen LogP contribution < -0.4 is 15.4 Å². The molecule has 0 fully saturated rings. The smallest absolute Gasteiger partial charge is 0.204 e. The Morgan fingerprint density at radius 2 is 2.00 bits per heavy atom. The van der Waals surface area contributed by atoms with Gasteiger partial charge in [0.2, 0.25) is 5.75 Å². The Kier molecular flexibility index (Phi) is 4.44. The van der Waals surface area contributed by atoms with Gasteiger partial charge < -0.3 is 15.4 Å². The average molecular weight is 344 g/mol. The van der Waals surface area contributed by atoms with Crippen molar-refractivity contribution >= 4 is 44.9 Å². The van der Waals surface area contributed by atoms with E-state index in [2.05, 4.69) is 36.5 Å². The Morgan fingerprint density at radius 1 is 1.26 bits per heavy atom. The van der Waals surface area contributed by atoms with Crippen LogP contribution in [-0.2, 0) is 0 Å². The van der Waals surface area contributed by atoms with E-state index in [1.165, 1.54) is 6.33 Å². The third-order valence-corrected chi connectivity index (χ3v) is 3.35. The first-order valence-corrected chi connectivity index (χ1v) is 6.61. The first-order valence-electron chi connectivity index (χ1n) is 5.44. The van der Waals surface area contributed by atoms with E-state index in [0.29, 0.717) is 22.4 Å². The summed E-state index contributed by atoms with van der Waals surface area (Å²) in [5.41, 5.74) is 0.798. The number of benzene rings is 1. The maximum absolute atomic E-state index is 5.98. The number of rotatable bonds is 4. The third kappa shape index (κ3) is 3.08. The Hall–Kier alpha value is -1.53. The number of aromatic nitrogens is 2. The van der Waals surface area contributed by atoms with Crippen molar-refractivity contribution in [1.29, 1.82) is 0 Å². The van der Waals surface area contributed by atoms with Gasteiger partial charge >= 0.3 is 0 Å². The lowest BCUT2D eigenvalue weighted by molar-refractivity contribution is 0.415. The molecule has 2 aromatic rings. The lowest BCUT2D eigenvalue weighted by atomic mass is 10.3. The molecule has 0 unspecified atom stereocenters. The molecule has 0 aliphatic carbocycles. The number of hydrogen-bond donors (Lipinski definition) is 2. The van der Waals surface area contributed by atoms with Gasteiger partial charge in [-0.05, 0) is 34.1 Å². The molecule has 0 saturated heterocycles. The molecule has 0 radical (unpaired) electrons. The van der Waals surface area contributed by atoms with Gasteiger partial charge in [-0.1, -0.05) is 11.6 Å². The first-order chi connectivity index (χ1) is 9.15. The van der Waals surface area contributed by atoms with Crippen LogP contribution in [0.4, 0.5) is 17.3 Å². The van der Waals surface area contributed by atoms with E-state index in [0.717, 1.165) is 10.2 Å². The van der Waals surface area contributed by atoms with Crippen molar-refractivity contribution in [2.45, 2.75) is 0 Å². The van der Waals surface area contributed by atoms with E-state index in [-0.39, 0.29) is 0 Å². The second kappa shape index (κ2) is 6.08. The minimum atomic E-state index is 0.539. The van der Waals surface area contributed by atoms with Crippen molar-refractivity contribution in [3.05, 3.63) is 34.0 Å². The lowest BCUT2D eigenvalue weighted by Gasteiger charge is -2.13. The summed E-state index contributed by atoms with van der Waals surface area (Å²) in [6.45, 7) is 0. The molecule has 1 aromatic carbocycles. The van der Waals surface area contributed by atoms with Gasteiger partial charge in [0.15, 0.2) is 11.6 Å². The van der Waals surface area contributed by atoms with Gasteiger partial charge in [-0.3, -0.25) is 0 Å². The van der Waals surface area contributed by atoms with Gasteiger partial charge in [-0.15, -0.1) is 0 Å². The van der Waals surface area contributed by atoms with Gasteiger partial charge in [0, 0.05) is 16.5 Å². The Labute approximate surface area is 124 Å². The zero-order valence-electron chi connectivity index (χ0n) is 10.4. The predicted octanol–water partition coefficient (Wildman–Crippen LogP) is 3.69. The quantitative estimate of drug-likeness (QED) is 0.886. The molecule has 1 aromatic heterocycles. The van der Waals surface area contributed by atoms with Crippen molar-refractivity contribution in [2.24, 2.45) is 0 Å². The molecule has 5 nitrogen and oxygen atoms in total. The number of methoxy groups -OCH3 is 1. The van der Waals surface area contributed by atoms with Crippen LogP contribution in [0.2, 0.25) is 5.02 Å². The molecular formula is C12H12BrClN4O. The SMILES string of the molecule is CNc1ncnc(Nc2cc(Cl)ccc2Br)c1OC. The highest BCUT2D eigenvalue weighted by atomic mass is 79.9. The summed E-state index contributed by atoms with van der Waals surface area (Å²) in [5.74, 6) is 1.71.